The van der Waals surface area contributed by atoms with Crippen LogP contribution in [-0.2, 0) is 36.9 Å². The predicted octanol–water partition coefficient (Wildman–Crippen LogP) is 1.71. The van der Waals surface area contributed by atoms with Gasteiger partial charge in [-0.1, -0.05) is 60.7 Å². The Labute approximate surface area is 300 Å². The molecule has 4 amide bonds. The third kappa shape index (κ3) is 11.5. The van der Waals surface area contributed by atoms with E-state index in [0.29, 0.717) is 19.6 Å². The van der Waals surface area contributed by atoms with Crippen molar-refractivity contribution >= 4 is 35.4 Å². The van der Waals surface area contributed by atoms with E-state index in [1.54, 1.807) is 0 Å². The average Bonchev–Trinajstić information content (AvgIpc) is 3.60. The van der Waals surface area contributed by atoms with E-state index in [0.717, 1.165) is 11.1 Å². The first kappa shape index (κ1) is 39.3. The number of rotatable bonds is 15. The van der Waals surface area contributed by atoms with E-state index < -0.39 is 39.9 Å². The van der Waals surface area contributed by atoms with Crippen LogP contribution in [0.2, 0.25) is 0 Å². The lowest BCUT2D eigenvalue weighted by molar-refractivity contribution is -0.129. The summed E-state index contributed by atoms with van der Waals surface area (Å²) in [6.45, 7) is 13.0. The van der Waals surface area contributed by atoms with Gasteiger partial charge in [-0.2, -0.15) is 0 Å². The summed E-state index contributed by atoms with van der Waals surface area (Å²) in [5.74, 6) is -1.13. The second-order valence-electron chi connectivity index (χ2n) is 14.6. The molecule has 50 heavy (non-hydrogen) atoms. The van der Waals surface area contributed by atoms with Crippen molar-refractivity contribution < 1.29 is 29.0 Å². The van der Waals surface area contributed by atoms with Gasteiger partial charge < -0.3 is 31.1 Å². The third-order valence-corrected chi connectivity index (χ3v) is 10.2. The van der Waals surface area contributed by atoms with Crippen molar-refractivity contribution in [1.82, 2.24) is 31.5 Å². The lowest BCUT2D eigenvalue weighted by Gasteiger charge is -2.29. The van der Waals surface area contributed by atoms with Crippen molar-refractivity contribution in [2.75, 3.05) is 26.2 Å². The maximum Gasteiger partial charge on any atom is 0.245 e. The van der Waals surface area contributed by atoms with Gasteiger partial charge in [0.25, 0.3) is 0 Å². The summed E-state index contributed by atoms with van der Waals surface area (Å²) in [5, 5.41) is 25.5. The number of carbonyl (C=O) groups is 4. The molecule has 0 spiro atoms. The fourth-order valence-corrected chi connectivity index (χ4v) is 7.83. The minimum Gasteiger partial charge on any atom is -0.390 e. The fraction of sp³-hybridized carbons (Fsp3) is 0.568. The second kappa shape index (κ2) is 17.6. The number of β-amino-alcohol motifs (C(OH)–C–C–N with tert-alkyl or cyclic N) is 1. The van der Waals surface area contributed by atoms with Crippen molar-refractivity contribution in [3.63, 3.8) is 0 Å². The molecule has 274 valence electrons. The molecule has 0 aliphatic carbocycles. The zero-order chi connectivity index (χ0) is 36.5. The Bertz CT molecular complexity index is 1440. The molecule has 2 aliphatic rings. The lowest BCUT2D eigenvalue weighted by atomic mass is 10.0. The van der Waals surface area contributed by atoms with Crippen LogP contribution >= 0.6 is 11.8 Å². The average molecular weight is 711 g/mol. The first-order chi connectivity index (χ1) is 23.6. The van der Waals surface area contributed by atoms with Crippen LogP contribution in [-0.4, -0.2) is 106 Å². The molecular weight excluding hydrogens is 657 g/mol. The van der Waals surface area contributed by atoms with Crippen LogP contribution in [0.4, 0.5) is 0 Å². The van der Waals surface area contributed by atoms with E-state index in [2.05, 4.69) is 26.6 Å². The van der Waals surface area contributed by atoms with Crippen molar-refractivity contribution in [2.45, 2.75) is 107 Å². The maximum atomic E-state index is 13.6. The Kier molecular flexibility index (Phi) is 13.9. The minimum absolute atomic E-state index is 0.0271. The van der Waals surface area contributed by atoms with Crippen LogP contribution in [0.15, 0.2) is 60.7 Å². The monoisotopic (exact) mass is 710 g/mol. The standard InChI is InChI=1S/C37H54N6O6S/c1-7-49-27-19-28(32(46)42-36(2,3)4)43(23-27)22-26(44)21-39-34(48)31-37(5,6)50-35(41-31)30(33(47)38-20-25-16-12-9-13-17-25)40-29(45)18-24-14-10-8-11-15-24/h8-17,26-28,30-31,35,41,44H,7,18-23H2,1-6H3,(H,38,47)(H,39,48)(H,40,45)(H,42,46)/t26?,27-,28-,30+,31-,35+/m0/s1. The molecule has 6 atom stereocenters. The zero-order valence-electron chi connectivity index (χ0n) is 30.0. The number of benzene rings is 2. The van der Waals surface area contributed by atoms with Gasteiger partial charge in [-0.3, -0.25) is 29.4 Å². The van der Waals surface area contributed by atoms with Crippen molar-refractivity contribution in [3.8, 4) is 0 Å². The molecule has 2 saturated heterocycles. The summed E-state index contributed by atoms with van der Waals surface area (Å²) in [6.07, 6.45) is -0.435. The van der Waals surface area contributed by atoms with Crippen LogP contribution in [0.25, 0.3) is 0 Å². The van der Waals surface area contributed by atoms with E-state index in [1.165, 1.54) is 11.8 Å². The van der Waals surface area contributed by atoms with Crippen molar-refractivity contribution in [1.29, 1.82) is 0 Å². The number of likely N-dealkylation sites (tertiary alicyclic amines) is 1. The highest BCUT2D eigenvalue weighted by molar-refractivity contribution is 8.01. The Hall–Kier alpha value is -3.49. The van der Waals surface area contributed by atoms with Gasteiger partial charge in [-0.05, 0) is 59.1 Å². The summed E-state index contributed by atoms with van der Waals surface area (Å²) in [6, 6.07) is 16.7. The Morgan fingerprint density at radius 3 is 2.26 bits per heavy atom. The van der Waals surface area contributed by atoms with Gasteiger partial charge in [0.05, 0.1) is 30.0 Å². The molecule has 1 unspecified atom stereocenters. The minimum atomic E-state index is -0.966. The van der Waals surface area contributed by atoms with Crippen LogP contribution in [0.5, 0.6) is 0 Å². The van der Waals surface area contributed by atoms with Gasteiger partial charge in [0.15, 0.2) is 0 Å². The van der Waals surface area contributed by atoms with Gasteiger partial charge >= 0.3 is 0 Å². The molecule has 4 rings (SSSR count). The number of thioether (sulfide) groups is 1. The lowest BCUT2D eigenvalue weighted by Crippen LogP contribution is -2.58. The highest BCUT2D eigenvalue weighted by Gasteiger charge is 2.49. The van der Waals surface area contributed by atoms with E-state index in [1.807, 2.05) is 107 Å². The van der Waals surface area contributed by atoms with E-state index in [4.69, 9.17) is 4.74 Å². The molecule has 2 aromatic rings. The van der Waals surface area contributed by atoms with Gasteiger partial charge in [-0.25, -0.2) is 0 Å². The van der Waals surface area contributed by atoms with Crippen molar-refractivity contribution in [3.05, 3.63) is 71.8 Å². The largest absolute Gasteiger partial charge is 0.390 e. The normalized spacial score (nSPS) is 23.1. The molecule has 13 heteroatoms. The highest BCUT2D eigenvalue weighted by Crippen LogP contribution is 2.39. The highest BCUT2D eigenvalue weighted by atomic mass is 32.2. The van der Waals surface area contributed by atoms with Gasteiger partial charge in [-0.15, -0.1) is 11.8 Å². The molecule has 0 bridgehead atoms. The van der Waals surface area contributed by atoms with E-state index in [-0.39, 0.29) is 55.8 Å². The summed E-state index contributed by atoms with van der Waals surface area (Å²) >= 11 is 1.41. The third-order valence-electron chi connectivity index (χ3n) is 8.66. The first-order valence-electron chi connectivity index (χ1n) is 17.4. The van der Waals surface area contributed by atoms with Gasteiger partial charge in [0.1, 0.15) is 12.1 Å². The maximum absolute atomic E-state index is 13.6. The number of nitrogens with zero attached hydrogens (tertiary/aromatic N) is 1. The molecule has 2 aliphatic heterocycles. The topological polar surface area (TPSA) is 161 Å². The molecular formula is C37H54N6O6S. The molecule has 2 heterocycles. The smallest absolute Gasteiger partial charge is 0.245 e. The Morgan fingerprint density at radius 1 is 1.00 bits per heavy atom. The summed E-state index contributed by atoms with van der Waals surface area (Å²) in [7, 11) is 0. The first-order valence-corrected chi connectivity index (χ1v) is 18.3. The Morgan fingerprint density at radius 2 is 1.64 bits per heavy atom. The predicted molar refractivity (Wildman–Crippen MR) is 195 cm³/mol. The number of aliphatic hydroxyl groups excluding tert-OH is 1. The molecule has 6 N–H and O–H groups in total. The number of hydrogen-bond donors (Lipinski definition) is 6. The number of hydrogen-bond acceptors (Lipinski definition) is 9. The van der Waals surface area contributed by atoms with Gasteiger partial charge in [0.2, 0.25) is 23.6 Å². The zero-order valence-corrected chi connectivity index (χ0v) is 30.8. The summed E-state index contributed by atoms with van der Waals surface area (Å²) in [4.78, 5) is 55.4. The van der Waals surface area contributed by atoms with Crippen LogP contribution in [0.1, 0.15) is 59.1 Å². The second-order valence-corrected chi connectivity index (χ2v) is 16.4. The van der Waals surface area contributed by atoms with Crippen LogP contribution in [0, 0.1) is 0 Å². The SMILES string of the molecule is CCO[C@H]1C[C@@H](C(=O)NC(C)(C)C)N(CC(O)CNC(=O)[C@@H]2N[C@@H]([C@H](NC(=O)Cc3ccccc3)C(=O)NCc3ccccc3)SC2(C)C)C1. The molecule has 0 radical (unpaired) electrons. The number of nitrogens with one attached hydrogen (secondary N) is 5. The molecule has 12 nitrogen and oxygen atoms in total. The van der Waals surface area contributed by atoms with Crippen LogP contribution in [0.3, 0.4) is 0 Å². The summed E-state index contributed by atoms with van der Waals surface area (Å²) < 4.78 is 5.16. The molecule has 2 fully saturated rings. The molecule has 0 saturated carbocycles. The van der Waals surface area contributed by atoms with E-state index >= 15 is 0 Å². The number of aliphatic hydroxyl groups is 1. The molecule has 0 aromatic heterocycles. The van der Waals surface area contributed by atoms with Gasteiger partial charge in [0, 0.05) is 43.1 Å². The fourth-order valence-electron chi connectivity index (χ4n) is 6.33. The quantitative estimate of drug-likeness (QED) is 0.162. The molecule has 2 aromatic carbocycles. The Balaban J connectivity index is 1.39. The van der Waals surface area contributed by atoms with Crippen molar-refractivity contribution in [2.24, 2.45) is 0 Å². The van der Waals surface area contributed by atoms with E-state index in [9.17, 15) is 24.3 Å². The number of carbonyl (C=O) groups excluding carboxylic acids is 4. The summed E-state index contributed by atoms with van der Waals surface area (Å²) in [5.41, 5.74) is 1.34. The number of amides is 4. The van der Waals surface area contributed by atoms with Crippen LogP contribution < -0.4 is 26.6 Å². The number of ether oxygens (including phenoxy) is 1.